The molecule has 7 nitrogen and oxygen atoms in total. The minimum Gasteiger partial charge on any atom is -0.379 e. The van der Waals surface area contributed by atoms with Crippen LogP contribution < -0.4 is 10.9 Å². The molecule has 1 aliphatic rings. The predicted octanol–water partition coefficient (Wildman–Crippen LogP) is 3.19. The number of fused-ring (bicyclic) bond motifs is 1. The Morgan fingerprint density at radius 2 is 2.19 bits per heavy atom. The van der Waals surface area contributed by atoms with Gasteiger partial charge in [0.15, 0.2) is 5.82 Å². The number of aryl methyl sites for hydroxylation is 2. The molecule has 27 heavy (non-hydrogen) atoms. The molecule has 2 aromatic heterocycles. The second-order valence-electron chi connectivity index (χ2n) is 6.95. The van der Waals surface area contributed by atoms with Crippen LogP contribution in [0.15, 0.2) is 35.3 Å². The molecular weight excluding hydrogens is 342 g/mol. The van der Waals surface area contributed by atoms with Gasteiger partial charge in [0.2, 0.25) is 0 Å². The largest absolute Gasteiger partial charge is 0.379 e. The number of hydrogen-bond donors (Lipinski definition) is 2. The zero-order valence-corrected chi connectivity index (χ0v) is 15.3. The topological polar surface area (TPSA) is 95.7 Å². The maximum Gasteiger partial charge on any atom is 0.261 e. The van der Waals surface area contributed by atoms with Gasteiger partial charge >= 0.3 is 0 Å². The number of hydrogen-bond acceptors (Lipinski definition) is 5. The second-order valence-corrected chi connectivity index (χ2v) is 6.95. The molecule has 1 aliphatic heterocycles. The Hall–Kier alpha value is -3.11. The number of pyridine rings is 1. The Bertz CT molecular complexity index is 1090. The average Bonchev–Trinajstić information content (AvgIpc) is 3.04. The van der Waals surface area contributed by atoms with Gasteiger partial charge in [-0.3, -0.25) is 9.48 Å². The van der Waals surface area contributed by atoms with Gasteiger partial charge < -0.3 is 15.0 Å². The van der Waals surface area contributed by atoms with Crippen LogP contribution in [0.5, 0.6) is 0 Å². The summed E-state index contributed by atoms with van der Waals surface area (Å²) < 4.78 is 7.35. The lowest BCUT2D eigenvalue weighted by Crippen LogP contribution is -2.30. The summed E-state index contributed by atoms with van der Waals surface area (Å²) in [4.78, 5) is 15.2. The molecule has 0 amide bonds. The molecule has 0 saturated carbocycles. The predicted molar refractivity (Wildman–Crippen MR) is 103 cm³/mol. The third kappa shape index (κ3) is 3.09. The minimum atomic E-state index is -0.219. The van der Waals surface area contributed by atoms with Crippen LogP contribution in [-0.2, 0) is 4.74 Å². The average molecular weight is 363 g/mol. The lowest BCUT2D eigenvalue weighted by Gasteiger charge is -2.27. The highest BCUT2D eigenvalue weighted by Gasteiger charge is 2.30. The molecule has 3 aromatic rings. The maximum atomic E-state index is 12.5. The van der Waals surface area contributed by atoms with Crippen LogP contribution in [0.2, 0.25) is 0 Å². The van der Waals surface area contributed by atoms with Gasteiger partial charge in [0.05, 0.1) is 30.2 Å². The highest BCUT2D eigenvalue weighted by Crippen LogP contribution is 2.31. The first-order chi connectivity index (χ1) is 13.1. The number of nitrogens with zero attached hydrogens (tertiary/aromatic N) is 3. The summed E-state index contributed by atoms with van der Waals surface area (Å²) in [5, 5.41) is 17.9. The van der Waals surface area contributed by atoms with E-state index >= 15 is 0 Å². The fraction of sp³-hybridized carbons (Fsp3) is 0.350. The highest BCUT2D eigenvalue weighted by atomic mass is 16.5. The molecule has 0 aliphatic carbocycles. The van der Waals surface area contributed by atoms with Crippen molar-refractivity contribution in [1.29, 1.82) is 5.26 Å². The van der Waals surface area contributed by atoms with Crippen molar-refractivity contribution in [2.75, 3.05) is 18.5 Å². The van der Waals surface area contributed by atoms with Crippen LogP contribution in [0, 0.1) is 31.1 Å². The molecule has 7 heteroatoms. The first-order valence-corrected chi connectivity index (χ1v) is 9.00. The molecule has 0 radical (unpaired) electrons. The Balaban J connectivity index is 1.82. The third-order valence-electron chi connectivity index (χ3n) is 5.21. The van der Waals surface area contributed by atoms with E-state index in [9.17, 15) is 10.1 Å². The highest BCUT2D eigenvalue weighted by molar-refractivity contribution is 5.91. The number of ether oxygens (including phenoxy) is 1. The number of anilines is 2. The number of rotatable bonds is 3. The van der Waals surface area contributed by atoms with Crippen molar-refractivity contribution in [3.8, 4) is 6.07 Å². The fourth-order valence-electron chi connectivity index (χ4n) is 3.51. The first kappa shape index (κ1) is 17.3. The van der Waals surface area contributed by atoms with Gasteiger partial charge in [-0.1, -0.05) is 6.07 Å². The summed E-state index contributed by atoms with van der Waals surface area (Å²) in [5.74, 6) is 0.285. The van der Waals surface area contributed by atoms with E-state index in [0.29, 0.717) is 36.4 Å². The zero-order chi connectivity index (χ0) is 19.0. The molecule has 0 unspecified atom stereocenters. The summed E-state index contributed by atoms with van der Waals surface area (Å²) in [6.07, 6.45) is 2.26. The molecule has 0 bridgehead atoms. The monoisotopic (exact) mass is 363 g/mol. The van der Waals surface area contributed by atoms with Crippen molar-refractivity contribution in [1.82, 2.24) is 14.8 Å². The van der Waals surface area contributed by atoms with Crippen molar-refractivity contribution in [3.63, 3.8) is 0 Å². The molecule has 1 fully saturated rings. The van der Waals surface area contributed by atoms with Gasteiger partial charge in [-0.05, 0) is 49.6 Å². The number of nitrogens with one attached hydrogen (secondary N) is 2. The molecule has 138 valence electrons. The number of aromatic amines is 1. The second kappa shape index (κ2) is 6.89. The number of benzene rings is 1. The van der Waals surface area contributed by atoms with E-state index in [1.165, 1.54) is 5.56 Å². The van der Waals surface area contributed by atoms with Gasteiger partial charge in [-0.25, -0.2) is 0 Å². The number of nitriles is 1. The van der Waals surface area contributed by atoms with E-state index in [-0.39, 0.29) is 17.5 Å². The molecule has 0 spiro atoms. The Kier molecular flexibility index (Phi) is 4.42. The van der Waals surface area contributed by atoms with E-state index in [1.807, 2.05) is 31.2 Å². The molecule has 2 N–H and O–H groups in total. The van der Waals surface area contributed by atoms with Crippen LogP contribution in [0.3, 0.4) is 0 Å². The molecule has 1 saturated heterocycles. The molecule has 1 aromatic carbocycles. The lowest BCUT2D eigenvalue weighted by molar-refractivity contribution is 0.0359. The summed E-state index contributed by atoms with van der Waals surface area (Å²) in [5.41, 5.74) is 3.70. The van der Waals surface area contributed by atoms with Crippen molar-refractivity contribution in [2.45, 2.75) is 26.3 Å². The van der Waals surface area contributed by atoms with Crippen molar-refractivity contribution >= 4 is 22.4 Å². The summed E-state index contributed by atoms with van der Waals surface area (Å²) in [6, 6.07) is 9.98. The molecule has 3 heterocycles. The van der Waals surface area contributed by atoms with Gasteiger partial charge in [0.1, 0.15) is 5.39 Å². The fourth-order valence-corrected chi connectivity index (χ4v) is 3.51. The zero-order valence-electron chi connectivity index (χ0n) is 15.3. The third-order valence-corrected chi connectivity index (χ3v) is 5.21. The minimum absolute atomic E-state index is 0.199. The Morgan fingerprint density at radius 1 is 1.33 bits per heavy atom. The molecule has 4 rings (SSSR count). The van der Waals surface area contributed by atoms with E-state index < -0.39 is 0 Å². The Labute approximate surface area is 156 Å². The normalized spacial score (nSPS) is 19.7. The smallest absolute Gasteiger partial charge is 0.261 e. The van der Waals surface area contributed by atoms with Crippen LogP contribution in [0.25, 0.3) is 10.9 Å². The van der Waals surface area contributed by atoms with Crippen LogP contribution in [0.4, 0.5) is 11.5 Å². The molecule has 2 atom stereocenters. The van der Waals surface area contributed by atoms with Crippen molar-refractivity contribution in [3.05, 3.63) is 51.9 Å². The van der Waals surface area contributed by atoms with Gasteiger partial charge in [-0.2, -0.15) is 10.4 Å². The van der Waals surface area contributed by atoms with Crippen molar-refractivity contribution in [2.24, 2.45) is 5.92 Å². The number of H-pyrrole nitrogens is 1. The quantitative estimate of drug-likeness (QED) is 0.745. The number of aromatic nitrogens is 3. The van der Waals surface area contributed by atoms with Gasteiger partial charge in [0.25, 0.3) is 5.56 Å². The van der Waals surface area contributed by atoms with Crippen LogP contribution >= 0.6 is 0 Å². The van der Waals surface area contributed by atoms with Gasteiger partial charge in [0, 0.05) is 18.5 Å². The standard InChI is InChI=1S/C20H21N5O2/c1-12-3-4-15(9-13(12)2)23-19-18-16(5-7-22-20(18)26)25(24-19)17-11-27-8-6-14(17)10-21/h3-5,7,9,14,17H,6,8,11H2,1-2H3,(H,22,26)(H,23,24)/t14-,17+/m1/s1. The summed E-state index contributed by atoms with van der Waals surface area (Å²) in [7, 11) is 0. The van der Waals surface area contributed by atoms with E-state index in [4.69, 9.17) is 4.74 Å². The maximum absolute atomic E-state index is 12.5. The van der Waals surface area contributed by atoms with E-state index in [2.05, 4.69) is 28.4 Å². The summed E-state index contributed by atoms with van der Waals surface area (Å²) >= 11 is 0. The van der Waals surface area contributed by atoms with Crippen LogP contribution in [-0.4, -0.2) is 28.0 Å². The SMILES string of the molecule is Cc1ccc(Nc2nn([C@H]3COCC[C@@H]3C#N)c3cc[nH]c(=O)c23)cc1C. The van der Waals surface area contributed by atoms with E-state index in [0.717, 1.165) is 11.3 Å². The molecular formula is C20H21N5O2. The summed E-state index contributed by atoms with van der Waals surface area (Å²) in [6.45, 7) is 5.08. The van der Waals surface area contributed by atoms with Crippen molar-refractivity contribution < 1.29 is 4.74 Å². The van der Waals surface area contributed by atoms with Gasteiger partial charge in [-0.15, -0.1) is 0 Å². The van der Waals surface area contributed by atoms with Crippen LogP contribution in [0.1, 0.15) is 23.6 Å². The Morgan fingerprint density at radius 3 is 2.96 bits per heavy atom. The lowest BCUT2D eigenvalue weighted by atomic mass is 9.96. The first-order valence-electron chi connectivity index (χ1n) is 9.00. The van der Waals surface area contributed by atoms with E-state index in [1.54, 1.807) is 10.9 Å².